The molecule has 0 aliphatic carbocycles. The Morgan fingerprint density at radius 2 is 1.85 bits per heavy atom. The molecule has 1 aliphatic rings. The zero-order valence-corrected chi connectivity index (χ0v) is 16.2. The number of carbonyl (C=O) groups excluding carboxylic acids is 2. The van der Waals surface area contributed by atoms with Gasteiger partial charge in [-0.1, -0.05) is 44.2 Å². The molecule has 0 bridgehead atoms. The molecular weight excluding hydrogens is 348 g/mol. The first-order valence-corrected chi connectivity index (χ1v) is 9.73. The van der Waals surface area contributed by atoms with Crippen molar-refractivity contribution >= 4 is 23.2 Å². The second kappa shape index (κ2) is 7.99. The van der Waals surface area contributed by atoms with Gasteiger partial charge in [0.1, 0.15) is 9.88 Å². The van der Waals surface area contributed by atoms with Crippen molar-refractivity contribution in [2.45, 2.75) is 27.2 Å². The molecule has 1 aromatic carbocycles. The number of nitrogens with zero attached hydrogens (tertiary/aromatic N) is 2. The Labute approximate surface area is 158 Å². The first-order valence-electron chi connectivity index (χ1n) is 8.91. The average Bonchev–Trinajstić information content (AvgIpc) is 3.01. The zero-order chi connectivity index (χ0) is 18.7. The molecule has 0 saturated carbocycles. The molecule has 6 heteroatoms. The average molecular weight is 372 g/mol. The SMILES string of the molecule is Cc1nc(-c2ccccc2)sc1C(=O)OCC(=O)N1C[C@H](C)C[C@H](C)C1. The van der Waals surface area contributed by atoms with E-state index in [2.05, 4.69) is 18.8 Å². The molecule has 26 heavy (non-hydrogen) atoms. The van der Waals surface area contributed by atoms with Gasteiger partial charge < -0.3 is 9.64 Å². The summed E-state index contributed by atoms with van der Waals surface area (Å²) in [4.78, 5) is 31.5. The highest BCUT2D eigenvalue weighted by atomic mass is 32.1. The van der Waals surface area contributed by atoms with Gasteiger partial charge >= 0.3 is 5.97 Å². The van der Waals surface area contributed by atoms with Gasteiger partial charge in [0.2, 0.25) is 0 Å². The fourth-order valence-corrected chi connectivity index (χ4v) is 4.41. The lowest BCUT2D eigenvalue weighted by molar-refractivity contribution is -0.137. The molecule has 0 unspecified atom stereocenters. The van der Waals surface area contributed by atoms with Crippen molar-refractivity contribution in [3.8, 4) is 10.6 Å². The standard InChI is InChI=1S/C20H24N2O3S/c1-13-9-14(2)11-22(10-13)17(23)12-25-20(24)18-15(3)21-19(26-18)16-7-5-4-6-8-16/h4-8,13-14H,9-12H2,1-3H3/t13-,14+. The lowest BCUT2D eigenvalue weighted by atomic mass is 9.92. The third-order valence-corrected chi connectivity index (χ3v) is 5.74. The summed E-state index contributed by atoms with van der Waals surface area (Å²) in [6.07, 6.45) is 1.13. The molecule has 2 heterocycles. The molecular formula is C20H24N2O3S. The highest BCUT2D eigenvalue weighted by molar-refractivity contribution is 7.17. The van der Waals surface area contributed by atoms with Gasteiger partial charge in [-0.25, -0.2) is 9.78 Å². The van der Waals surface area contributed by atoms with Gasteiger partial charge in [0.05, 0.1) is 5.69 Å². The highest BCUT2D eigenvalue weighted by Gasteiger charge is 2.26. The Balaban J connectivity index is 1.62. The third-order valence-electron chi connectivity index (χ3n) is 4.55. The van der Waals surface area contributed by atoms with Crippen molar-refractivity contribution in [3.05, 3.63) is 40.9 Å². The summed E-state index contributed by atoms with van der Waals surface area (Å²) in [5, 5.41) is 0.778. The van der Waals surface area contributed by atoms with Crippen LogP contribution in [0, 0.1) is 18.8 Å². The van der Waals surface area contributed by atoms with Crippen LogP contribution in [0.25, 0.3) is 10.6 Å². The van der Waals surface area contributed by atoms with E-state index in [0.29, 0.717) is 22.4 Å². The Morgan fingerprint density at radius 1 is 1.19 bits per heavy atom. The van der Waals surface area contributed by atoms with Crippen LogP contribution in [-0.2, 0) is 9.53 Å². The largest absolute Gasteiger partial charge is 0.451 e. The fraction of sp³-hybridized carbons (Fsp3) is 0.450. The number of hydrogen-bond acceptors (Lipinski definition) is 5. The number of amides is 1. The van der Waals surface area contributed by atoms with Crippen molar-refractivity contribution in [3.63, 3.8) is 0 Å². The number of rotatable bonds is 4. The van der Waals surface area contributed by atoms with Crippen molar-refractivity contribution in [2.24, 2.45) is 11.8 Å². The predicted octanol–water partition coefficient (Wildman–Crippen LogP) is 3.78. The number of aromatic nitrogens is 1. The quantitative estimate of drug-likeness (QED) is 0.767. The molecule has 0 N–H and O–H groups in total. The number of benzene rings is 1. The van der Waals surface area contributed by atoms with Crippen LogP contribution in [0.5, 0.6) is 0 Å². The predicted molar refractivity (Wildman–Crippen MR) is 102 cm³/mol. The Kier molecular flexibility index (Phi) is 5.71. The number of ether oxygens (including phenoxy) is 1. The van der Waals surface area contributed by atoms with Crippen LogP contribution in [0.2, 0.25) is 0 Å². The maximum absolute atomic E-state index is 12.4. The summed E-state index contributed by atoms with van der Waals surface area (Å²) >= 11 is 1.30. The number of hydrogen-bond donors (Lipinski definition) is 0. The van der Waals surface area contributed by atoms with Crippen molar-refractivity contribution in [2.75, 3.05) is 19.7 Å². The van der Waals surface area contributed by atoms with Crippen molar-refractivity contribution in [1.29, 1.82) is 0 Å². The molecule has 3 rings (SSSR count). The van der Waals surface area contributed by atoms with E-state index < -0.39 is 5.97 Å². The van der Waals surface area contributed by atoms with Crippen LogP contribution in [0.1, 0.15) is 35.6 Å². The number of esters is 1. The van der Waals surface area contributed by atoms with E-state index in [1.165, 1.54) is 11.3 Å². The molecule has 138 valence electrons. The zero-order valence-electron chi connectivity index (χ0n) is 15.4. The first-order chi connectivity index (χ1) is 12.4. The van der Waals surface area contributed by atoms with E-state index in [9.17, 15) is 9.59 Å². The summed E-state index contributed by atoms with van der Waals surface area (Å²) < 4.78 is 5.28. The smallest absolute Gasteiger partial charge is 0.350 e. The maximum atomic E-state index is 12.4. The topological polar surface area (TPSA) is 59.5 Å². The van der Waals surface area contributed by atoms with Gasteiger partial charge in [-0.15, -0.1) is 11.3 Å². The van der Waals surface area contributed by atoms with Crippen LogP contribution >= 0.6 is 11.3 Å². The third kappa shape index (κ3) is 4.30. The second-order valence-corrected chi connectivity index (χ2v) is 8.12. The molecule has 1 saturated heterocycles. The van der Waals surface area contributed by atoms with E-state index in [-0.39, 0.29) is 12.5 Å². The van der Waals surface area contributed by atoms with Gasteiger partial charge in [0, 0.05) is 18.7 Å². The van der Waals surface area contributed by atoms with Crippen LogP contribution in [0.15, 0.2) is 30.3 Å². The van der Waals surface area contributed by atoms with Crippen LogP contribution in [0.3, 0.4) is 0 Å². The Hall–Kier alpha value is -2.21. The van der Waals surface area contributed by atoms with Gasteiger partial charge in [-0.2, -0.15) is 0 Å². The minimum atomic E-state index is -0.478. The number of likely N-dealkylation sites (tertiary alicyclic amines) is 1. The van der Waals surface area contributed by atoms with E-state index in [0.717, 1.165) is 30.1 Å². The van der Waals surface area contributed by atoms with Gasteiger partial charge in [0.15, 0.2) is 6.61 Å². The van der Waals surface area contributed by atoms with Crippen LogP contribution < -0.4 is 0 Å². The minimum absolute atomic E-state index is 0.123. The number of carbonyl (C=O) groups is 2. The molecule has 0 radical (unpaired) electrons. The first kappa shape index (κ1) is 18.6. The van der Waals surface area contributed by atoms with Crippen LogP contribution in [-0.4, -0.2) is 41.5 Å². The van der Waals surface area contributed by atoms with E-state index in [4.69, 9.17) is 4.74 Å². The summed E-state index contributed by atoms with van der Waals surface area (Å²) in [6, 6.07) is 9.71. The van der Waals surface area contributed by atoms with Gasteiger partial charge in [-0.3, -0.25) is 4.79 Å². The monoisotopic (exact) mass is 372 g/mol. The minimum Gasteiger partial charge on any atom is -0.451 e. The molecule has 5 nitrogen and oxygen atoms in total. The highest BCUT2D eigenvalue weighted by Crippen LogP contribution is 2.28. The molecule has 1 aliphatic heterocycles. The lowest BCUT2D eigenvalue weighted by Crippen LogP contribution is -2.44. The van der Waals surface area contributed by atoms with E-state index in [1.54, 1.807) is 11.8 Å². The molecule has 1 amide bonds. The summed E-state index contributed by atoms with van der Waals surface area (Å²) in [5.74, 6) is 0.363. The van der Waals surface area contributed by atoms with Crippen molar-refractivity contribution < 1.29 is 14.3 Å². The fourth-order valence-electron chi connectivity index (χ4n) is 3.44. The summed E-state index contributed by atoms with van der Waals surface area (Å²) in [6.45, 7) is 7.34. The number of aryl methyl sites for hydroxylation is 1. The van der Waals surface area contributed by atoms with E-state index >= 15 is 0 Å². The molecule has 1 aromatic heterocycles. The molecule has 1 fully saturated rings. The van der Waals surface area contributed by atoms with Crippen molar-refractivity contribution in [1.82, 2.24) is 9.88 Å². The summed E-state index contributed by atoms with van der Waals surface area (Å²) in [5.41, 5.74) is 1.60. The van der Waals surface area contributed by atoms with Crippen LogP contribution in [0.4, 0.5) is 0 Å². The normalized spacial score (nSPS) is 20.0. The van der Waals surface area contributed by atoms with Gasteiger partial charge in [-0.05, 0) is 25.2 Å². The van der Waals surface area contributed by atoms with E-state index in [1.807, 2.05) is 30.3 Å². The maximum Gasteiger partial charge on any atom is 0.350 e. The molecule has 2 atom stereocenters. The number of thiazole rings is 1. The Bertz CT molecular complexity index is 778. The number of piperidine rings is 1. The summed E-state index contributed by atoms with van der Waals surface area (Å²) in [7, 11) is 0. The Morgan fingerprint density at radius 3 is 2.50 bits per heavy atom. The lowest BCUT2D eigenvalue weighted by Gasteiger charge is -2.34. The molecule has 2 aromatic rings. The van der Waals surface area contributed by atoms with Gasteiger partial charge in [0.25, 0.3) is 5.91 Å². The molecule has 0 spiro atoms. The second-order valence-electron chi connectivity index (χ2n) is 7.12.